The first-order valence-electron chi connectivity index (χ1n) is 3.08. The van der Waals surface area contributed by atoms with Crippen LogP contribution in [0.15, 0.2) is 24.3 Å². The second kappa shape index (κ2) is 5.31. The second-order valence-electron chi connectivity index (χ2n) is 1.91. The van der Waals surface area contributed by atoms with Crippen molar-refractivity contribution in [1.82, 2.24) is 0 Å². The SMILES string of the molecule is C=C(C)C#C/C=C\C(=O)OC. The van der Waals surface area contributed by atoms with E-state index in [1.54, 1.807) is 6.92 Å². The summed E-state index contributed by atoms with van der Waals surface area (Å²) < 4.78 is 4.34. The van der Waals surface area contributed by atoms with Gasteiger partial charge in [-0.3, -0.25) is 0 Å². The van der Waals surface area contributed by atoms with Crippen molar-refractivity contribution in [3.8, 4) is 11.8 Å². The standard InChI is InChI=1S/C9H10O2/c1-8(2)6-4-5-7-9(10)11-3/h5,7H,1H2,2-3H3/b7-5-. The van der Waals surface area contributed by atoms with Crippen LogP contribution >= 0.6 is 0 Å². The number of carbonyl (C=O) groups is 1. The first-order chi connectivity index (χ1) is 5.16. The average molecular weight is 150 g/mol. The zero-order valence-electron chi connectivity index (χ0n) is 6.68. The molecule has 58 valence electrons. The smallest absolute Gasteiger partial charge is 0.331 e. The molecule has 0 aliphatic carbocycles. The van der Waals surface area contributed by atoms with Gasteiger partial charge >= 0.3 is 5.97 Å². The summed E-state index contributed by atoms with van der Waals surface area (Å²) >= 11 is 0. The number of ether oxygens (including phenoxy) is 1. The van der Waals surface area contributed by atoms with Crippen LogP contribution in [0.3, 0.4) is 0 Å². The fourth-order valence-electron chi connectivity index (χ4n) is 0.343. The molecule has 0 N–H and O–H groups in total. The summed E-state index contributed by atoms with van der Waals surface area (Å²) in [5, 5.41) is 0. The van der Waals surface area contributed by atoms with Crippen LogP contribution in [-0.4, -0.2) is 13.1 Å². The van der Waals surface area contributed by atoms with Gasteiger partial charge in [0, 0.05) is 6.08 Å². The highest BCUT2D eigenvalue weighted by molar-refractivity contribution is 5.82. The van der Waals surface area contributed by atoms with Crippen LogP contribution in [0, 0.1) is 11.8 Å². The minimum atomic E-state index is -0.402. The van der Waals surface area contributed by atoms with Crippen LogP contribution in [0.4, 0.5) is 0 Å². The van der Waals surface area contributed by atoms with Crippen LogP contribution < -0.4 is 0 Å². The highest BCUT2D eigenvalue weighted by Gasteiger charge is 1.85. The highest BCUT2D eigenvalue weighted by Crippen LogP contribution is 1.81. The van der Waals surface area contributed by atoms with Crippen molar-refractivity contribution in [3.63, 3.8) is 0 Å². The quantitative estimate of drug-likeness (QED) is 0.320. The Morgan fingerprint density at radius 3 is 2.73 bits per heavy atom. The van der Waals surface area contributed by atoms with Gasteiger partial charge in [-0.1, -0.05) is 18.4 Å². The maximum Gasteiger partial charge on any atom is 0.331 e. The molecule has 0 radical (unpaired) electrons. The third kappa shape index (κ3) is 6.39. The fourth-order valence-corrected chi connectivity index (χ4v) is 0.343. The number of esters is 1. The van der Waals surface area contributed by atoms with Gasteiger partial charge in [-0.25, -0.2) is 4.79 Å². The van der Waals surface area contributed by atoms with Gasteiger partial charge in [0.25, 0.3) is 0 Å². The Labute approximate surface area is 66.6 Å². The summed E-state index contributed by atoms with van der Waals surface area (Å²) in [4.78, 5) is 10.5. The molecule has 0 atom stereocenters. The van der Waals surface area contributed by atoms with E-state index in [0.29, 0.717) is 0 Å². The number of allylic oxidation sites excluding steroid dienone is 2. The third-order valence-electron chi connectivity index (χ3n) is 0.789. The summed E-state index contributed by atoms with van der Waals surface area (Å²) in [5.74, 6) is 4.90. The summed E-state index contributed by atoms with van der Waals surface area (Å²) in [7, 11) is 1.32. The molecule has 0 unspecified atom stereocenters. The molecule has 0 aromatic carbocycles. The van der Waals surface area contributed by atoms with E-state index in [1.807, 2.05) is 0 Å². The summed E-state index contributed by atoms with van der Waals surface area (Å²) in [6, 6.07) is 0. The van der Waals surface area contributed by atoms with Crippen LogP contribution in [0.1, 0.15) is 6.92 Å². The lowest BCUT2D eigenvalue weighted by molar-refractivity contribution is -0.134. The Morgan fingerprint density at radius 2 is 2.27 bits per heavy atom. The van der Waals surface area contributed by atoms with Gasteiger partial charge in [0.2, 0.25) is 0 Å². The van der Waals surface area contributed by atoms with Gasteiger partial charge in [-0.2, -0.15) is 0 Å². The van der Waals surface area contributed by atoms with Crippen molar-refractivity contribution < 1.29 is 9.53 Å². The molecule has 0 rings (SSSR count). The molecule has 0 saturated carbocycles. The van der Waals surface area contributed by atoms with Crippen LogP contribution in [0.2, 0.25) is 0 Å². The molecular weight excluding hydrogens is 140 g/mol. The molecule has 0 aromatic rings. The van der Waals surface area contributed by atoms with Crippen LogP contribution in [-0.2, 0) is 9.53 Å². The largest absolute Gasteiger partial charge is 0.466 e. The average Bonchev–Trinajstić information content (AvgIpc) is 1.97. The van der Waals surface area contributed by atoms with Crippen molar-refractivity contribution in [2.75, 3.05) is 7.11 Å². The lowest BCUT2D eigenvalue weighted by Crippen LogP contribution is -1.92. The lowest BCUT2D eigenvalue weighted by Gasteiger charge is -1.85. The van der Waals surface area contributed by atoms with E-state index in [9.17, 15) is 4.79 Å². The number of carbonyl (C=O) groups excluding carboxylic acids is 1. The minimum Gasteiger partial charge on any atom is -0.466 e. The van der Waals surface area contributed by atoms with Gasteiger partial charge in [0.05, 0.1) is 7.11 Å². The van der Waals surface area contributed by atoms with Crippen molar-refractivity contribution in [1.29, 1.82) is 0 Å². The predicted octanol–water partition coefficient (Wildman–Crippen LogP) is 1.30. The van der Waals surface area contributed by atoms with E-state index in [4.69, 9.17) is 0 Å². The van der Waals surface area contributed by atoms with E-state index in [1.165, 1.54) is 19.3 Å². The van der Waals surface area contributed by atoms with E-state index in [0.717, 1.165) is 5.57 Å². The first kappa shape index (κ1) is 9.51. The second-order valence-corrected chi connectivity index (χ2v) is 1.91. The zero-order valence-corrected chi connectivity index (χ0v) is 6.68. The van der Waals surface area contributed by atoms with Crippen molar-refractivity contribution in [3.05, 3.63) is 24.3 Å². The molecule has 0 fully saturated rings. The fraction of sp³-hybridized carbons (Fsp3) is 0.222. The zero-order chi connectivity index (χ0) is 8.69. The summed E-state index contributed by atoms with van der Waals surface area (Å²) in [6.07, 6.45) is 2.69. The Hall–Kier alpha value is -1.49. The van der Waals surface area contributed by atoms with Crippen molar-refractivity contribution in [2.24, 2.45) is 0 Å². The first-order valence-corrected chi connectivity index (χ1v) is 3.08. The minimum absolute atomic E-state index is 0.402. The molecule has 0 saturated heterocycles. The Kier molecular flexibility index (Phi) is 4.59. The Bertz CT molecular complexity index is 238. The molecule has 2 heteroatoms. The number of hydrogen-bond acceptors (Lipinski definition) is 2. The van der Waals surface area contributed by atoms with Gasteiger partial charge in [0.1, 0.15) is 0 Å². The van der Waals surface area contributed by atoms with Crippen LogP contribution in [0.25, 0.3) is 0 Å². The van der Waals surface area contributed by atoms with Gasteiger partial charge in [-0.05, 0) is 18.6 Å². The molecule has 0 bridgehead atoms. The van der Waals surface area contributed by atoms with Gasteiger partial charge in [0.15, 0.2) is 0 Å². The predicted molar refractivity (Wildman–Crippen MR) is 43.7 cm³/mol. The highest BCUT2D eigenvalue weighted by atomic mass is 16.5. The van der Waals surface area contributed by atoms with Gasteiger partial charge < -0.3 is 4.74 Å². The molecule has 0 aliphatic heterocycles. The summed E-state index contributed by atoms with van der Waals surface area (Å²) in [5.41, 5.74) is 0.763. The van der Waals surface area contributed by atoms with Crippen molar-refractivity contribution >= 4 is 5.97 Å². The molecule has 2 nitrogen and oxygen atoms in total. The number of methoxy groups -OCH3 is 1. The Morgan fingerprint density at radius 1 is 1.64 bits per heavy atom. The monoisotopic (exact) mass is 150 g/mol. The Balaban J connectivity index is 3.89. The normalized spacial score (nSPS) is 8.55. The van der Waals surface area contributed by atoms with Gasteiger partial charge in [-0.15, -0.1) is 0 Å². The van der Waals surface area contributed by atoms with E-state index >= 15 is 0 Å². The molecule has 0 spiro atoms. The van der Waals surface area contributed by atoms with Crippen LogP contribution in [0.5, 0.6) is 0 Å². The molecule has 0 amide bonds. The van der Waals surface area contributed by atoms with E-state index < -0.39 is 5.97 Å². The molecule has 11 heavy (non-hydrogen) atoms. The molecule has 0 heterocycles. The van der Waals surface area contributed by atoms with E-state index in [2.05, 4.69) is 23.2 Å². The third-order valence-corrected chi connectivity index (χ3v) is 0.789. The maximum atomic E-state index is 10.5. The molecule has 0 aliphatic rings. The molecular formula is C9H10O2. The maximum absolute atomic E-state index is 10.5. The topological polar surface area (TPSA) is 26.3 Å². The van der Waals surface area contributed by atoms with E-state index in [-0.39, 0.29) is 0 Å². The lowest BCUT2D eigenvalue weighted by atomic mass is 10.3. The number of rotatable bonds is 1. The van der Waals surface area contributed by atoms with Crippen molar-refractivity contribution in [2.45, 2.75) is 6.92 Å². The summed E-state index contributed by atoms with van der Waals surface area (Å²) in [6.45, 7) is 5.36. The molecule has 0 aromatic heterocycles. The number of hydrogen-bond donors (Lipinski definition) is 0.